The van der Waals surface area contributed by atoms with Crippen LogP contribution in [0.2, 0.25) is 0 Å². The predicted octanol–water partition coefficient (Wildman–Crippen LogP) is 2.21. The molecule has 0 aromatic heterocycles. The summed E-state index contributed by atoms with van der Waals surface area (Å²) in [5.41, 5.74) is 5.02. The van der Waals surface area contributed by atoms with Crippen LogP contribution in [0.5, 0.6) is 0 Å². The summed E-state index contributed by atoms with van der Waals surface area (Å²) in [4.78, 5) is 24.3. The smallest absolute Gasteiger partial charge is 0.267 e. The number of amides is 2. The van der Waals surface area contributed by atoms with Crippen molar-refractivity contribution in [2.75, 3.05) is 0 Å². The molecule has 7 nitrogen and oxygen atoms in total. The predicted molar refractivity (Wildman–Crippen MR) is 101 cm³/mol. The van der Waals surface area contributed by atoms with Crippen LogP contribution in [0.1, 0.15) is 34.6 Å². The lowest BCUT2D eigenvalue weighted by Crippen LogP contribution is -2.41. The third-order valence-corrected chi connectivity index (χ3v) is 5.55. The molecular weight excluding hydrogens is 422 g/mol. The summed E-state index contributed by atoms with van der Waals surface area (Å²) in [7, 11) is -3.72. The van der Waals surface area contributed by atoms with Crippen LogP contribution in [0.15, 0.2) is 57.9 Å². The largest absolute Gasteiger partial charge is 0.270 e. The molecule has 0 radical (unpaired) electrons. The van der Waals surface area contributed by atoms with E-state index in [0.717, 1.165) is 0 Å². The van der Waals surface area contributed by atoms with Gasteiger partial charge >= 0.3 is 0 Å². The number of hydrogen-bond acceptors (Lipinski definition) is 4. The van der Waals surface area contributed by atoms with Crippen molar-refractivity contribution >= 4 is 37.8 Å². The van der Waals surface area contributed by atoms with Crippen molar-refractivity contribution < 1.29 is 18.0 Å². The summed E-state index contributed by atoms with van der Waals surface area (Å²) in [6, 6.07) is 12.0. The summed E-state index contributed by atoms with van der Waals surface area (Å²) >= 11 is 3.25. The van der Waals surface area contributed by atoms with Gasteiger partial charge in [-0.3, -0.25) is 20.4 Å². The van der Waals surface area contributed by atoms with Gasteiger partial charge in [0.05, 0.1) is 10.5 Å². The molecule has 2 rings (SSSR count). The Bertz CT molecular complexity index is 929. The second kappa shape index (κ2) is 8.43. The highest BCUT2D eigenvalue weighted by Gasteiger charge is 2.18. The van der Waals surface area contributed by atoms with Gasteiger partial charge in [-0.1, -0.05) is 18.2 Å². The average molecular weight is 440 g/mol. The summed E-state index contributed by atoms with van der Waals surface area (Å²) in [6.07, 6.45) is 0. The van der Waals surface area contributed by atoms with E-state index in [0.29, 0.717) is 10.0 Å². The number of halogens is 1. The van der Waals surface area contributed by atoms with E-state index >= 15 is 0 Å². The van der Waals surface area contributed by atoms with Crippen molar-refractivity contribution in [3.05, 3.63) is 64.1 Å². The zero-order valence-corrected chi connectivity index (χ0v) is 16.5. The molecule has 0 saturated heterocycles. The lowest BCUT2D eigenvalue weighted by molar-refractivity contribution is 0.0846. The van der Waals surface area contributed by atoms with Crippen LogP contribution < -0.4 is 15.6 Å². The molecule has 0 unspecified atom stereocenters. The topological polar surface area (TPSA) is 104 Å². The fourth-order valence-electron chi connectivity index (χ4n) is 2.08. The van der Waals surface area contributed by atoms with Crippen LogP contribution in [-0.2, 0) is 10.0 Å². The Morgan fingerprint density at radius 1 is 0.962 bits per heavy atom. The molecule has 138 valence electrons. The molecule has 0 spiro atoms. The highest BCUT2D eigenvalue weighted by Crippen LogP contribution is 2.15. The monoisotopic (exact) mass is 439 g/mol. The fraction of sp³-hybridized carbons (Fsp3) is 0.176. The number of sulfonamides is 1. The Morgan fingerprint density at radius 2 is 1.62 bits per heavy atom. The lowest BCUT2D eigenvalue weighted by Gasteiger charge is -2.11. The van der Waals surface area contributed by atoms with E-state index in [1.165, 1.54) is 24.3 Å². The van der Waals surface area contributed by atoms with Crippen LogP contribution in [0.3, 0.4) is 0 Å². The van der Waals surface area contributed by atoms with Crippen LogP contribution in [-0.4, -0.2) is 26.3 Å². The molecule has 9 heteroatoms. The quantitative estimate of drug-likeness (QED) is 0.621. The van der Waals surface area contributed by atoms with Crippen molar-refractivity contribution in [1.82, 2.24) is 15.6 Å². The molecule has 2 amide bonds. The highest BCUT2D eigenvalue weighted by molar-refractivity contribution is 9.10. The van der Waals surface area contributed by atoms with E-state index < -0.39 is 21.8 Å². The second-order valence-corrected chi connectivity index (χ2v) is 8.26. The standard InChI is InChI=1S/C17H18BrN3O4S/c1-11(2)21-26(24,25)13-7-5-6-12(10-13)16(22)19-20-17(23)14-8-3-4-9-15(14)18/h3-11,21H,1-2H3,(H,19,22)(H,20,23). The van der Waals surface area contributed by atoms with Gasteiger partial charge in [0, 0.05) is 16.1 Å². The maximum atomic E-state index is 12.2. The zero-order chi connectivity index (χ0) is 19.3. The minimum atomic E-state index is -3.72. The van der Waals surface area contributed by atoms with E-state index in [-0.39, 0.29) is 16.5 Å². The molecule has 0 bridgehead atoms. The molecule has 2 aromatic carbocycles. The minimum absolute atomic E-state index is 0.0315. The Labute approximate surface area is 160 Å². The molecule has 3 N–H and O–H groups in total. The first-order valence-corrected chi connectivity index (χ1v) is 9.96. The fourth-order valence-corrected chi connectivity index (χ4v) is 3.84. The summed E-state index contributed by atoms with van der Waals surface area (Å²) in [5, 5.41) is 0. The van der Waals surface area contributed by atoms with Crippen molar-refractivity contribution in [1.29, 1.82) is 0 Å². The maximum absolute atomic E-state index is 12.2. The molecule has 26 heavy (non-hydrogen) atoms. The first kappa shape index (κ1) is 20.1. The molecule has 0 aliphatic carbocycles. The molecular formula is C17H18BrN3O4S. The van der Waals surface area contributed by atoms with E-state index in [1.54, 1.807) is 38.1 Å². The Kier molecular flexibility index (Phi) is 6.52. The van der Waals surface area contributed by atoms with E-state index in [2.05, 4.69) is 31.5 Å². The van der Waals surface area contributed by atoms with Crippen molar-refractivity contribution in [3.63, 3.8) is 0 Å². The first-order chi connectivity index (χ1) is 12.2. The number of rotatable bonds is 5. The normalized spacial score (nSPS) is 11.2. The number of hydrogen-bond donors (Lipinski definition) is 3. The minimum Gasteiger partial charge on any atom is -0.267 e. The van der Waals surface area contributed by atoms with Gasteiger partial charge in [-0.2, -0.15) is 0 Å². The van der Waals surface area contributed by atoms with E-state index in [9.17, 15) is 18.0 Å². The van der Waals surface area contributed by atoms with Gasteiger partial charge in [-0.15, -0.1) is 0 Å². The van der Waals surface area contributed by atoms with E-state index in [4.69, 9.17) is 0 Å². The van der Waals surface area contributed by atoms with Gasteiger partial charge < -0.3 is 0 Å². The van der Waals surface area contributed by atoms with Crippen LogP contribution >= 0.6 is 15.9 Å². The Hall–Kier alpha value is -2.23. The van der Waals surface area contributed by atoms with Crippen LogP contribution in [0.4, 0.5) is 0 Å². The molecule has 0 fully saturated rings. The van der Waals surface area contributed by atoms with Crippen molar-refractivity contribution in [2.24, 2.45) is 0 Å². The first-order valence-electron chi connectivity index (χ1n) is 7.68. The molecule has 0 atom stereocenters. The van der Waals surface area contributed by atoms with Gasteiger partial charge in [0.1, 0.15) is 0 Å². The molecule has 0 heterocycles. The van der Waals surface area contributed by atoms with Crippen LogP contribution in [0.25, 0.3) is 0 Å². The number of nitrogens with one attached hydrogen (secondary N) is 3. The molecule has 0 saturated carbocycles. The van der Waals surface area contributed by atoms with Crippen molar-refractivity contribution in [3.8, 4) is 0 Å². The van der Waals surface area contributed by atoms with Crippen LogP contribution in [0, 0.1) is 0 Å². The van der Waals surface area contributed by atoms with Gasteiger partial charge in [0.25, 0.3) is 11.8 Å². The summed E-state index contributed by atoms with van der Waals surface area (Å²) in [6.45, 7) is 3.40. The number of benzene rings is 2. The molecule has 0 aliphatic rings. The third kappa shape index (κ3) is 5.13. The Balaban J connectivity index is 2.10. The Morgan fingerprint density at radius 3 is 2.27 bits per heavy atom. The number of hydrazine groups is 1. The van der Waals surface area contributed by atoms with Gasteiger partial charge in [-0.25, -0.2) is 13.1 Å². The van der Waals surface area contributed by atoms with E-state index in [1.807, 2.05) is 0 Å². The van der Waals surface area contributed by atoms with Gasteiger partial charge in [0.2, 0.25) is 10.0 Å². The van der Waals surface area contributed by atoms with Crippen molar-refractivity contribution in [2.45, 2.75) is 24.8 Å². The lowest BCUT2D eigenvalue weighted by atomic mass is 10.2. The SMILES string of the molecule is CC(C)NS(=O)(=O)c1cccc(C(=O)NNC(=O)c2ccccc2Br)c1. The summed E-state index contributed by atoms with van der Waals surface area (Å²) in [5.74, 6) is -1.14. The number of carbonyl (C=O) groups excluding carboxylic acids is 2. The molecule has 2 aromatic rings. The zero-order valence-electron chi connectivity index (χ0n) is 14.1. The summed E-state index contributed by atoms with van der Waals surface area (Å²) < 4.78 is 27.4. The maximum Gasteiger partial charge on any atom is 0.270 e. The highest BCUT2D eigenvalue weighted by atomic mass is 79.9. The number of carbonyl (C=O) groups is 2. The average Bonchev–Trinajstić information content (AvgIpc) is 2.59. The third-order valence-electron chi connectivity index (χ3n) is 3.21. The van der Waals surface area contributed by atoms with Gasteiger partial charge in [0.15, 0.2) is 0 Å². The second-order valence-electron chi connectivity index (χ2n) is 5.69. The van der Waals surface area contributed by atoms with Gasteiger partial charge in [-0.05, 0) is 60.1 Å². The molecule has 0 aliphatic heterocycles.